The normalized spacial score (nSPS) is 14.9. The number of fused-ring (bicyclic) bond motifs is 1. The fourth-order valence-electron chi connectivity index (χ4n) is 3.68. The summed E-state index contributed by atoms with van der Waals surface area (Å²) in [5.41, 5.74) is 0.743. The minimum absolute atomic E-state index is 0.0459. The third-order valence-corrected chi connectivity index (χ3v) is 7.21. The summed E-state index contributed by atoms with van der Waals surface area (Å²) in [7, 11) is -0.489. The van der Waals surface area contributed by atoms with E-state index >= 15 is 0 Å². The highest BCUT2D eigenvalue weighted by Gasteiger charge is 2.21. The Labute approximate surface area is 196 Å². The van der Waals surface area contributed by atoms with Crippen LogP contribution >= 0.6 is 11.6 Å². The Hall–Kier alpha value is -3.08. The number of nitrogens with one attached hydrogen (secondary N) is 1. The fourth-order valence-corrected chi connectivity index (χ4v) is 5.08. The summed E-state index contributed by atoms with van der Waals surface area (Å²) < 4.78 is 33.2. The molecule has 174 valence electrons. The Morgan fingerprint density at radius 2 is 1.85 bits per heavy atom. The number of methoxy groups -OCH3 is 1. The summed E-state index contributed by atoms with van der Waals surface area (Å²) in [4.78, 5) is 20.8. The Morgan fingerprint density at radius 3 is 2.48 bits per heavy atom. The largest absolute Gasteiger partial charge is 0.495 e. The fraction of sp³-hybridized carbons (Fsp3) is 0.273. The van der Waals surface area contributed by atoms with Crippen molar-refractivity contribution in [1.82, 2.24) is 9.88 Å². The number of aromatic carboxylic acids is 1. The Bertz CT molecular complexity index is 1320. The van der Waals surface area contributed by atoms with Crippen molar-refractivity contribution in [3.05, 3.63) is 53.1 Å². The molecule has 0 saturated carbocycles. The van der Waals surface area contributed by atoms with E-state index in [9.17, 15) is 18.3 Å². The molecular weight excluding hydrogens is 468 g/mol. The van der Waals surface area contributed by atoms with Gasteiger partial charge in [-0.15, -0.1) is 0 Å². The molecule has 0 aliphatic carbocycles. The molecule has 0 unspecified atom stereocenters. The van der Waals surface area contributed by atoms with E-state index in [1.54, 1.807) is 12.1 Å². The average Bonchev–Trinajstić information content (AvgIpc) is 2.78. The zero-order chi connectivity index (χ0) is 23.8. The Morgan fingerprint density at radius 1 is 1.12 bits per heavy atom. The number of anilines is 2. The lowest BCUT2D eigenvalue weighted by molar-refractivity contribution is 0.0699. The SMILES string of the molecule is COc1ccc(S(=O)(=O)Nc2ccc3nc(N4CCN(C)CC4)cc(C(=O)O)c3c2)cc1Cl. The molecule has 1 aliphatic rings. The maximum atomic E-state index is 12.8. The van der Waals surface area contributed by atoms with Crippen molar-refractivity contribution in [3.63, 3.8) is 0 Å². The van der Waals surface area contributed by atoms with Crippen LogP contribution in [0.3, 0.4) is 0 Å². The van der Waals surface area contributed by atoms with Gasteiger partial charge in [0.15, 0.2) is 0 Å². The smallest absolute Gasteiger partial charge is 0.336 e. The van der Waals surface area contributed by atoms with Crippen molar-refractivity contribution in [2.75, 3.05) is 50.0 Å². The van der Waals surface area contributed by atoms with Gasteiger partial charge in [0.1, 0.15) is 11.6 Å². The highest BCUT2D eigenvalue weighted by Crippen LogP contribution is 2.30. The standard InChI is InChI=1S/C22H23ClN4O5S/c1-26-7-9-27(10-8-26)21-13-17(22(28)29)16-11-14(3-5-19(16)24-21)25-33(30,31)15-4-6-20(32-2)18(23)12-15/h3-6,11-13,25H,7-10H2,1-2H3,(H,28,29). The predicted octanol–water partition coefficient (Wildman–Crippen LogP) is 3.15. The van der Waals surface area contributed by atoms with Crippen molar-refractivity contribution in [2.24, 2.45) is 0 Å². The molecule has 2 heterocycles. The number of aromatic nitrogens is 1. The number of pyridine rings is 1. The number of likely N-dealkylation sites (N-methyl/N-ethyl adjacent to an activating group) is 1. The second-order valence-electron chi connectivity index (χ2n) is 7.76. The number of carboxylic acids is 1. The molecule has 9 nitrogen and oxygen atoms in total. The Balaban J connectivity index is 1.68. The molecule has 0 amide bonds. The van der Waals surface area contributed by atoms with E-state index in [-0.39, 0.29) is 21.2 Å². The van der Waals surface area contributed by atoms with Crippen LogP contribution in [0.25, 0.3) is 10.9 Å². The van der Waals surface area contributed by atoms with Gasteiger partial charge in [-0.3, -0.25) is 4.72 Å². The molecule has 1 aliphatic heterocycles. The number of benzene rings is 2. The number of sulfonamides is 1. The van der Waals surface area contributed by atoms with Gasteiger partial charge in [0.05, 0.1) is 28.1 Å². The molecule has 33 heavy (non-hydrogen) atoms. The number of hydrogen-bond acceptors (Lipinski definition) is 7. The molecule has 0 radical (unpaired) electrons. The third kappa shape index (κ3) is 4.82. The second kappa shape index (κ2) is 9.05. The molecule has 11 heteroatoms. The number of hydrogen-bond donors (Lipinski definition) is 2. The van der Waals surface area contributed by atoms with E-state index in [4.69, 9.17) is 16.3 Å². The lowest BCUT2D eigenvalue weighted by Crippen LogP contribution is -2.44. The quantitative estimate of drug-likeness (QED) is 0.542. The summed E-state index contributed by atoms with van der Waals surface area (Å²) in [6, 6.07) is 10.3. The highest BCUT2D eigenvalue weighted by atomic mass is 35.5. The van der Waals surface area contributed by atoms with Gasteiger partial charge in [-0.1, -0.05) is 11.6 Å². The summed E-state index contributed by atoms with van der Waals surface area (Å²) in [6.07, 6.45) is 0. The number of carbonyl (C=O) groups is 1. The van der Waals surface area contributed by atoms with E-state index in [1.165, 1.54) is 37.4 Å². The first kappa shape index (κ1) is 23.1. The van der Waals surface area contributed by atoms with E-state index in [0.29, 0.717) is 22.5 Å². The van der Waals surface area contributed by atoms with E-state index in [2.05, 4.69) is 19.5 Å². The van der Waals surface area contributed by atoms with Crippen molar-refractivity contribution in [3.8, 4) is 5.75 Å². The topological polar surface area (TPSA) is 112 Å². The van der Waals surface area contributed by atoms with E-state index in [1.807, 2.05) is 7.05 Å². The van der Waals surface area contributed by atoms with Gasteiger partial charge in [-0.25, -0.2) is 18.2 Å². The second-order valence-corrected chi connectivity index (χ2v) is 9.85. The van der Waals surface area contributed by atoms with Crippen LogP contribution in [0.15, 0.2) is 47.4 Å². The molecule has 0 bridgehead atoms. The summed E-state index contributed by atoms with van der Waals surface area (Å²) >= 11 is 6.06. The van der Waals surface area contributed by atoms with Gasteiger partial charge in [-0.2, -0.15) is 0 Å². The lowest BCUT2D eigenvalue weighted by Gasteiger charge is -2.33. The van der Waals surface area contributed by atoms with Crippen LogP contribution in [0.5, 0.6) is 5.75 Å². The first-order valence-electron chi connectivity index (χ1n) is 10.2. The van der Waals surface area contributed by atoms with E-state index < -0.39 is 16.0 Å². The van der Waals surface area contributed by atoms with Crippen LogP contribution in [0.1, 0.15) is 10.4 Å². The molecule has 1 saturated heterocycles. The number of nitrogens with zero attached hydrogens (tertiary/aromatic N) is 3. The van der Waals surface area contributed by atoms with Crippen molar-refractivity contribution in [1.29, 1.82) is 0 Å². The van der Waals surface area contributed by atoms with Crippen molar-refractivity contribution < 1.29 is 23.1 Å². The highest BCUT2D eigenvalue weighted by molar-refractivity contribution is 7.92. The minimum atomic E-state index is -3.96. The summed E-state index contributed by atoms with van der Waals surface area (Å²) in [5.74, 6) is -0.163. The predicted molar refractivity (Wildman–Crippen MR) is 127 cm³/mol. The number of piperazine rings is 1. The molecule has 2 N–H and O–H groups in total. The zero-order valence-corrected chi connectivity index (χ0v) is 19.7. The number of ether oxygens (including phenoxy) is 1. The number of carboxylic acid groups (broad SMARTS) is 1. The maximum absolute atomic E-state index is 12.8. The average molecular weight is 491 g/mol. The van der Waals surface area contributed by atoms with Gasteiger partial charge in [0.25, 0.3) is 10.0 Å². The van der Waals surface area contributed by atoms with Gasteiger partial charge in [0, 0.05) is 37.3 Å². The third-order valence-electron chi connectivity index (χ3n) is 5.54. The van der Waals surface area contributed by atoms with Crippen molar-refractivity contribution in [2.45, 2.75) is 4.90 Å². The molecule has 1 aromatic heterocycles. The van der Waals surface area contributed by atoms with E-state index in [0.717, 1.165) is 26.2 Å². The van der Waals surface area contributed by atoms with Crippen LogP contribution in [0.4, 0.5) is 11.5 Å². The lowest BCUT2D eigenvalue weighted by atomic mass is 10.1. The molecule has 1 fully saturated rings. The molecule has 0 spiro atoms. The number of rotatable bonds is 6. The first-order chi connectivity index (χ1) is 15.7. The van der Waals surface area contributed by atoms with Gasteiger partial charge in [0.2, 0.25) is 0 Å². The Kier molecular flexibility index (Phi) is 6.33. The van der Waals surface area contributed by atoms with Gasteiger partial charge < -0.3 is 19.6 Å². The minimum Gasteiger partial charge on any atom is -0.495 e. The number of halogens is 1. The molecule has 3 aromatic rings. The van der Waals surface area contributed by atoms with Crippen LogP contribution in [0, 0.1) is 0 Å². The van der Waals surface area contributed by atoms with Gasteiger partial charge in [-0.05, 0) is 49.5 Å². The first-order valence-corrected chi connectivity index (χ1v) is 12.0. The molecule has 2 aromatic carbocycles. The van der Waals surface area contributed by atoms with Crippen LogP contribution in [0.2, 0.25) is 5.02 Å². The van der Waals surface area contributed by atoms with Crippen molar-refractivity contribution >= 4 is 50.0 Å². The summed E-state index contributed by atoms with van der Waals surface area (Å²) in [5, 5.41) is 10.3. The summed E-state index contributed by atoms with van der Waals surface area (Å²) in [6.45, 7) is 3.21. The molecule has 0 atom stereocenters. The monoisotopic (exact) mass is 490 g/mol. The van der Waals surface area contributed by atoms with Gasteiger partial charge >= 0.3 is 5.97 Å². The van der Waals surface area contributed by atoms with Crippen LogP contribution < -0.4 is 14.4 Å². The zero-order valence-electron chi connectivity index (χ0n) is 18.1. The maximum Gasteiger partial charge on any atom is 0.336 e. The molecule has 4 rings (SSSR count). The molecular formula is C22H23ClN4O5S. The van der Waals surface area contributed by atoms with Crippen LogP contribution in [-0.2, 0) is 10.0 Å². The van der Waals surface area contributed by atoms with Crippen LogP contribution in [-0.4, -0.2) is 69.7 Å².